The normalized spacial score (nSPS) is 20.2. The summed E-state index contributed by atoms with van der Waals surface area (Å²) in [5.74, 6) is 1.22. The molecular formula is C17H20N6O2. The molecule has 1 aliphatic rings. The Bertz CT molecular complexity index is 853. The molecule has 2 N–H and O–H groups in total. The number of rotatable bonds is 5. The van der Waals surface area contributed by atoms with Crippen molar-refractivity contribution < 1.29 is 9.53 Å². The van der Waals surface area contributed by atoms with Crippen LogP contribution in [0.5, 0.6) is 0 Å². The van der Waals surface area contributed by atoms with Crippen LogP contribution in [-0.4, -0.2) is 37.0 Å². The predicted molar refractivity (Wildman–Crippen MR) is 90.4 cm³/mol. The van der Waals surface area contributed by atoms with Crippen LogP contribution in [0.15, 0.2) is 30.7 Å². The number of carbonyl (C=O) groups is 1. The van der Waals surface area contributed by atoms with E-state index in [9.17, 15) is 4.79 Å². The Morgan fingerprint density at radius 2 is 2.36 bits per heavy atom. The molecule has 3 aromatic rings. The molecule has 130 valence electrons. The van der Waals surface area contributed by atoms with Crippen LogP contribution in [0.2, 0.25) is 0 Å². The van der Waals surface area contributed by atoms with Gasteiger partial charge in [0.1, 0.15) is 17.8 Å². The lowest BCUT2D eigenvalue weighted by molar-refractivity contribution is -0.127. The lowest BCUT2D eigenvalue weighted by Crippen LogP contribution is -2.33. The highest BCUT2D eigenvalue weighted by Crippen LogP contribution is 2.33. The molecule has 8 nitrogen and oxygen atoms in total. The first-order valence-electron chi connectivity index (χ1n) is 8.46. The summed E-state index contributed by atoms with van der Waals surface area (Å²) in [4.78, 5) is 28.8. The van der Waals surface area contributed by atoms with Gasteiger partial charge in [-0.3, -0.25) is 4.79 Å². The summed E-state index contributed by atoms with van der Waals surface area (Å²) in [6, 6.07) is 3.76. The maximum absolute atomic E-state index is 12.7. The van der Waals surface area contributed by atoms with Gasteiger partial charge in [0.05, 0.1) is 18.0 Å². The van der Waals surface area contributed by atoms with Gasteiger partial charge >= 0.3 is 0 Å². The van der Waals surface area contributed by atoms with E-state index in [0.717, 1.165) is 17.9 Å². The Labute approximate surface area is 144 Å². The average molecular weight is 340 g/mol. The van der Waals surface area contributed by atoms with E-state index in [-0.39, 0.29) is 17.9 Å². The molecule has 0 unspecified atom stereocenters. The van der Waals surface area contributed by atoms with Crippen LogP contribution in [0.3, 0.4) is 0 Å². The minimum Gasteiger partial charge on any atom is -0.369 e. The molecule has 1 saturated heterocycles. The molecule has 4 heterocycles. The third-order valence-electron chi connectivity index (χ3n) is 4.51. The molecule has 0 aromatic carbocycles. The van der Waals surface area contributed by atoms with Crippen LogP contribution < -0.4 is 5.32 Å². The van der Waals surface area contributed by atoms with Gasteiger partial charge in [-0.1, -0.05) is 0 Å². The largest absolute Gasteiger partial charge is 0.369 e. The zero-order chi connectivity index (χ0) is 17.2. The number of carbonyl (C=O) groups excluding carboxylic acids is 1. The van der Waals surface area contributed by atoms with Crippen LogP contribution in [-0.2, 0) is 22.6 Å². The van der Waals surface area contributed by atoms with Crippen LogP contribution >= 0.6 is 0 Å². The van der Waals surface area contributed by atoms with Gasteiger partial charge in [-0.05, 0) is 25.5 Å². The Kier molecular flexibility index (Phi) is 4.19. The Morgan fingerprint density at radius 3 is 3.20 bits per heavy atom. The second-order valence-electron chi connectivity index (χ2n) is 6.03. The van der Waals surface area contributed by atoms with E-state index in [1.165, 1.54) is 0 Å². The summed E-state index contributed by atoms with van der Waals surface area (Å²) in [7, 11) is 0. The summed E-state index contributed by atoms with van der Waals surface area (Å²) < 4.78 is 7.81. The number of imidazole rings is 2. The van der Waals surface area contributed by atoms with Crippen molar-refractivity contribution in [2.75, 3.05) is 6.61 Å². The fourth-order valence-electron chi connectivity index (χ4n) is 3.24. The van der Waals surface area contributed by atoms with Gasteiger partial charge in [0.25, 0.3) is 0 Å². The van der Waals surface area contributed by atoms with E-state index in [4.69, 9.17) is 4.74 Å². The number of aromatic amines is 1. The molecule has 2 atom stereocenters. The number of aromatic nitrogens is 5. The van der Waals surface area contributed by atoms with Crippen molar-refractivity contribution in [3.8, 4) is 0 Å². The molecule has 8 heteroatoms. The lowest BCUT2D eigenvalue weighted by atomic mass is 10.00. The molecular weight excluding hydrogens is 320 g/mol. The Morgan fingerprint density at radius 1 is 1.44 bits per heavy atom. The average Bonchev–Trinajstić information content (AvgIpc) is 3.36. The highest BCUT2D eigenvalue weighted by Gasteiger charge is 2.37. The summed E-state index contributed by atoms with van der Waals surface area (Å²) in [6.07, 6.45) is 5.74. The van der Waals surface area contributed by atoms with Crippen molar-refractivity contribution in [3.63, 3.8) is 0 Å². The predicted octanol–water partition coefficient (Wildman–Crippen LogP) is 1.57. The maximum Gasteiger partial charge on any atom is 0.226 e. The number of pyridine rings is 1. The maximum atomic E-state index is 12.7. The molecule has 0 aliphatic carbocycles. The van der Waals surface area contributed by atoms with Gasteiger partial charge in [0.2, 0.25) is 5.91 Å². The first-order valence-corrected chi connectivity index (χ1v) is 8.46. The van der Waals surface area contributed by atoms with Gasteiger partial charge in [-0.15, -0.1) is 0 Å². The van der Waals surface area contributed by atoms with Crippen LogP contribution in [0.4, 0.5) is 0 Å². The Hall–Kier alpha value is -2.74. The molecule has 1 aliphatic heterocycles. The monoisotopic (exact) mass is 340 g/mol. The van der Waals surface area contributed by atoms with Crippen LogP contribution in [0.1, 0.15) is 31.1 Å². The first-order chi connectivity index (χ1) is 12.3. The number of nitrogens with one attached hydrogen (secondary N) is 2. The second-order valence-corrected chi connectivity index (χ2v) is 6.03. The van der Waals surface area contributed by atoms with Crippen molar-refractivity contribution in [1.82, 2.24) is 29.8 Å². The molecule has 0 bridgehead atoms. The topological polar surface area (TPSA) is 97.7 Å². The van der Waals surface area contributed by atoms with Crippen molar-refractivity contribution in [2.45, 2.75) is 32.5 Å². The molecule has 0 spiro atoms. The number of fused-ring (bicyclic) bond motifs is 1. The third kappa shape index (κ3) is 3.00. The first kappa shape index (κ1) is 15.8. The molecule has 1 fully saturated rings. The SMILES string of the molecule is CCn1ccnc1[C@@H]1OCC[C@H]1C(=O)NCc1nc2ncccc2[nH]1. The number of H-pyrrole nitrogens is 1. The molecule has 3 aromatic heterocycles. The summed E-state index contributed by atoms with van der Waals surface area (Å²) in [5, 5.41) is 2.95. The van der Waals surface area contributed by atoms with Crippen LogP contribution in [0.25, 0.3) is 11.2 Å². The number of ether oxygens (including phenoxy) is 1. The Balaban J connectivity index is 1.44. The van der Waals surface area contributed by atoms with Crippen LogP contribution in [0, 0.1) is 5.92 Å². The number of amides is 1. The van der Waals surface area contributed by atoms with E-state index in [1.807, 2.05) is 29.8 Å². The van der Waals surface area contributed by atoms with Crippen molar-refractivity contribution in [3.05, 3.63) is 42.4 Å². The van der Waals surface area contributed by atoms with Crippen molar-refractivity contribution >= 4 is 17.1 Å². The van der Waals surface area contributed by atoms with Gasteiger partial charge in [0.15, 0.2) is 5.65 Å². The highest BCUT2D eigenvalue weighted by atomic mass is 16.5. The van der Waals surface area contributed by atoms with E-state index >= 15 is 0 Å². The van der Waals surface area contributed by atoms with Gasteiger partial charge < -0.3 is 19.6 Å². The smallest absolute Gasteiger partial charge is 0.226 e. The minimum absolute atomic E-state index is 0.0402. The van der Waals surface area contributed by atoms with Crippen molar-refractivity contribution in [1.29, 1.82) is 0 Å². The molecule has 1 amide bonds. The van der Waals surface area contributed by atoms with E-state index in [1.54, 1.807) is 12.4 Å². The molecule has 0 radical (unpaired) electrons. The zero-order valence-corrected chi connectivity index (χ0v) is 14.0. The second kappa shape index (κ2) is 6.64. The standard InChI is InChI=1S/C17H20N6O2/c1-2-23-8-7-19-16(23)14-11(5-9-25-14)17(24)20-10-13-21-12-4-3-6-18-15(12)22-13/h3-4,6-8,11,14H,2,5,9-10H2,1H3,(H,20,24)(H,18,21,22)/t11-,14-/m1/s1. The van der Waals surface area contributed by atoms with E-state index < -0.39 is 0 Å². The lowest BCUT2D eigenvalue weighted by Gasteiger charge is -2.18. The number of hydrogen-bond donors (Lipinski definition) is 2. The van der Waals surface area contributed by atoms with Gasteiger partial charge in [0, 0.05) is 31.7 Å². The highest BCUT2D eigenvalue weighted by molar-refractivity contribution is 5.79. The summed E-state index contributed by atoms with van der Waals surface area (Å²) in [6.45, 7) is 3.74. The van der Waals surface area contributed by atoms with Crippen molar-refractivity contribution in [2.24, 2.45) is 5.92 Å². The van der Waals surface area contributed by atoms with Gasteiger partial charge in [-0.2, -0.15) is 0 Å². The molecule has 25 heavy (non-hydrogen) atoms. The minimum atomic E-state index is -0.299. The number of aryl methyl sites for hydroxylation is 1. The number of hydrogen-bond acceptors (Lipinski definition) is 5. The summed E-state index contributed by atoms with van der Waals surface area (Å²) >= 11 is 0. The molecule has 0 saturated carbocycles. The quantitative estimate of drug-likeness (QED) is 0.735. The van der Waals surface area contributed by atoms with E-state index in [0.29, 0.717) is 31.0 Å². The van der Waals surface area contributed by atoms with Gasteiger partial charge in [-0.25, -0.2) is 15.0 Å². The summed E-state index contributed by atoms with van der Waals surface area (Å²) in [5.41, 5.74) is 1.51. The van der Waals surface area contributed by atoms with E-state index in [2.05, 4.69) is 25.3 Å². The fourth-order valence-corrected chi connectivity index (χ4v) is 3.24. The molecule has 4 rings (SSSR count). The third-order valence-corrected chi connectivity index (χ3v) is 4.51. The zero-order valence-electron chi connectivity index (χ0n) is 14.0. The fraction of sp³-hybridized carbons (Fsp3) is 0.412. The number of nitrogens with zero attached hydrogens (tertiary/aromatic N) is 4.